The Kier molecular flexibility index (Phi) is 6.87. The molecule has 6 heteroatoms. The minimum atomic E-state index is -0.0451. The second-order valence-corrected chi connectivity index (χ2v) is 7.59. The SMILES string of the molecule is CCCc1ccc(NC(=O)CSc2nnc(-c3ccccc3C)n2CC)cc1. The summed E-state index contributed by atoms with van der Waals surface area (Å²) in [5.74, 6) is 1.09. The minimum Gasteiger partial charge on any atom is -0.325 e. The summed E-state index contributed by atoms with van der Waals surface area (Å²) in [5.41, 5.74) is 4.34. The number of amides is 1. The normalized spacial score (nSPS) is 10.8. The van der Waals surface area contributed by atoms with E-state index in [-0.39, 0.29) is 5.91 Å². The van der Waals surface area contributed by atoms with Crippen LogP contribution in [0.3, 0.4) is 0 Å². The van der Waals surface area contributed by atoms with Crippen molar-refractivity contribution in [1.82, 2.24) is 14.8 Å². The van der Waals surface area contributed by atoms with Crippen molar-refractivity contribution < 1.29 is 4.79 Å². The Morgan fingerprint density at radius 1 is 1.07 bits per heavy atom. The fourth-order valence-corrected chi connectivity index (χ4v) is 3.88. The lowest BCUT2D eigenvalue weighted by Gasteiger charge is -2.09. The molecule has 0 radical (unpaired) electrons. The molecule has 3 rings (SSSR count). The standard InChI is InChI=1S/C22H26N4OS/c1-4-8-17-11-13-18(14-12-17)23-20(27)15-28-22-25-24-21(26(22)5-2)19-10-7-6-9-16(19)3/h6-7,9-14H,4-5,8,15H2,1-3H3,(H,23,27). The van der Waals surface area contributed by atoms with Gasteiger partial charge < -0.3 is 9.88 Å². The van der Waals surface area contributed by atoms with E-state index >= 15 is 0 Å². The number of nitrogens with one attached hydrogen (secondary N) is 1. The topological polar surface area (TPSA) is 59.8 Å². The molecule has 0 unspecified atom stereocenters. The molecule has 1 heterocycles. The zero-order valence-corrected chi connectivity index (χ0v) is 17.4. The Bertz CT molecular complexity index is 934. The molecule has 0 saturated heterocycles. The highest BCUT2D eigenvalue weighted by Crippen LogP contribution is 2.26. The molecule has 0 spiro atoms. The lowest BCUT2D eigenvalue weighted by molar-refractivity contribution is -0.113. The Balaban J connectivity index is 1.64. The highest BCUT2D eigenvalue weighted by atomic mass is 32.2. The van der Waals surface area contributed by atoms with Crippen molar-refractivity contribution in [2.24, 2.45) is 0 Å². The molecule has 0 atom stereocenters. The van der Waals surface area contributed by atoms with Crippen LogP contribution in [0.15, 0.2) is 53.7 Å². The molecule has 5 nitrogen and oxygen atoms in total. The van der Waals surface area contributed by atoms with Crippen LogP contribution in [0.5, 0.6) is 0 Å². The van der Waals surface area contributed by atoms with Gasteiger partial charge in [0.2, 0.25) is 5.91 Å². The Morgan fingerprint density at radius 3 is 2.50 bits per heavy atom. The molecule has 28 heavy (non-hydrogen) atoms. The van der Waals surface area contributed by atoms with Crippen molar-refractivity contribution in [2.75, 3.05) is 11.1 Å². The summed E-state index contributed by atoms with van der Waals surface area (Å²) in [6, 6.07) is 16.2. The fourth-order valence-electron chi connectivity index (χ4n) is 3.07. The number of carbonyl (C=O) groups excluding carboxylic acids is 1. The van der Waals surface area contributed by atoms with Crippen molar-refractivity contribution >= 4 is 23.4 Å². The van der Waals surface area contributed by atoms with E-state index in [9.17, 15) is 4.79 Å². The first-order valence-electron chi connectivity index (χ1n) is 9.63. The van der Waals surface area contributed by atoms with Crippen molar-refractivity contribution in [1.29, 1.82) is 0 Å². The molecular weight excluding hydrogens is 368 g/mol. The summed E-state index contributed by atoms with van der Waals surface area (Å²) in [6.45, 7) is 7.04. The second-order valence-electron chi connectivity index (χ2n) is 6.65. The lowest BCUT2D eigenvalue weighted by Crippen LogP contribution is -2.14. The van der Waals surface area contributed by atoms with Gasteiger partial charge >= 0.3 is 0 Å². The summed E-state index contributed by atoms with van der Waals surface area (Å²) < 4.78 is 2.06. The zero-order chi connectivity index (χ0) is 19.9. The number of nitrogens with zero attached hydrogens (tertiary/aromatic N) is 3. The molecule has 1 N–H and O–H groups in total. The monoisotopic (exact) mass is 394 g/mol. The van der Waals surface area contributed by atoms with E-state index < -0.39 is 0 Å². The van der Waals surface area contributed by atoms with E-state index in [1.807, 2.05) is 24.3 Å². The molecule has 1 amide bonds. The van der Waals surface area contributed by atoms with Crippen molar-refractivity contribution in [2.45, 2.75) is 45.3 Å². The summed E-state index contributed by atoms with van der Waals surface area (Å²) in [4.78, 5) is 12.3. The van der Waals surface area contributed by atoms with Crippen LogP contribution in [0.4, 0.5) is 5.69 Å². The van der Waals surface area contributed by atoms with E-state index in [0.29, 0.717) is 5.75 Å². The first kappa shape index (κ1) is 20.1. The maximum absolute atomic E-state index is 12.3. The molecule has 0 aliphatic carbocycles. The third-order valence-electron chi connectivity index (χ3n) is 4.53. The van der Waals surface area contributed by atoms with E-state index in [0.717, 1.165) is 47.2 Å². The van der Waals surface area contributed by atoms with Crippen molar-refractivity contribution in [3.8, 4) is 11.4 Å². The van der Waals surface area contributed by atoms with E-state index in [4.69, 9.17) is 0 Å². The maximum Gasteiger partial charge on any atom is 0.234 e. The van der Waals surface area contributed by atoms with Crippen LogP contribution in [-0.2, 0) is 17.8 Å². The van der Waals surface area contributed by atoms with Crippen LogP contribution in [0.2, 0.25) is 0 Å². The number of aromatic nitrogens is 3. The Morgan fingerprint density at radius 2 is 1.82 bits per heavy atom. The molecule has 3 aromatic rings. The van der Waals surface area contributed by atoms with Gasteiger partial charge in [-0.3, -0.25) is 4.79 Å². The molecular formula is C22H26N4OS. The Labute approximate surface area is 170 Å². The fraction of sp³-hybridized carbons (Fsp3) is 0.318. The second kappa shape index (κ2) is 9.55. The van der Waals surface area contributed by atoms with Crippen molar-refractivity contribution in [3.05, 3.63) is 59.7 Å². The van der Waals surface area contributed by atoms with Gasteiger partial charge in [-0.25, -0.2) is 0 Å². The van der Waals surface area contributed by atoms with Crippen LogP contribution in [0.1, 0.15) is 31.4 Å². The number of carbonyl (C=O) groups is 1. The first-order valence-corrected chi connectivity index (χ1v) is 10.6. The predicted octanol–water partition coefficient (Wildman–Crippen LogP) is 4.96. The maximum atomic E-state index is 12.3. The van der Waals surface area contributed by atoms with Gasteiger partial charge in [-0.2, -0.15) is 0 Å². The van der Waals surface area contributed by atoms with Crippen LogP contribution >= 0.6 is 11.8 Å². The molecule has 0 fully saturated rings. The predicted molar refractivity (Wildman–Crippen MR) is 116 cm³/mol. The van der Waals surface area contributed by atoms with Crippen molar-refractivity contribution in [3.63, 3.8) is 0 Å². The summed E-state index contributed by atoms with van der Waals surface area (Å²) in [5, 5.41) is 12.4. The summed E-state index contributed by atoms with van der Waals surface area (Å²) in [7, 11) is 0. The van der Waals surface area contributed by atoms with E-state index in [1.54, 1.807) is 0 Å². The average molecular weight is 395 g/mol. The zero-order valence-electron chi connectivity index (χ0n) is 16.6. The molecule has 0 saturated carbocycles. The third-order valence-corrected chi connectivity index (χ3v) is 5.49. The molecule has 0 bridgehead atoms. The number of hydrogen-bond donors (Lipinski definition) is 1. The number of aryl methyl sites for hydroxylation is 2. The van der Waals surface area contributed by atoms with E-state index in [1.165, 1.54) is 17.3 Å². The number of hydrogen-bond acceptors (Lipinski definition) is 4. The highest BCUT2D eigenvalue weighted by molar-refractivity contribution is 7.99. The van der Waals surface area contributed by atoms with Gasteiger partial charge in [0.15, 0.2) is 11.0 Å². The molecule has 0 aliphatic heterocycles. The van der Waals surface area contributed by atoms with Gasteiger partial charge in [0.25, 0.3) is 0 Å². The number of anilines is 1. The Hall–Kier alpha value is -2.60. The average Bonchev–Trinajstić information content (AvgIpc) is 3.11. The van der Waals surface area contributed by atoms with E-state index in [2.05, 4.69) is 65.1 Å². The first-order chi connectivity index (χ1) is 13.6. The van der Waals surface area contributed by atoms with Gasteiger partial charge in [-0.1, -0.05) is 61.5 Å². The number of benzene rings is 2. The van der Waals surface area contributed by atoms with Gasteiger partial charge in [-0.15, -0.1) is 10.2 Å². The van der Waals surface area contributed by atoms with Gasteiger partial charge in [-0.05, 0) is 43.5 Å². The summed E-state index contributed by atoms with van der Waals surface area (Å²) >= 11 is 1.41. The number of thioether (sulfide) groups is 1. The number of rotatable bonds is 8. The quantitative estimate of drug-likeness (QED) is 0.549. The minimum absolute atomic E-state index is 0.0451. The van der Waals surface area contributed by atoms with Crippen LogP contribution in [0, 0.1) is 6.92 Å². The lowest BCUT2D eigenvalue weighted by atomic mass is 10.1. The third kappa shape index (κ3) is 4.81. The van der Waals surface area contributed by atoms with Gasteiger partial charge in [0, 0.05) is 17.8 Å². The van der Waals surface area contributed by atoms with Crippen LogP contribution in [-0.4, -0.2) is 26.4 Å². The van der Waals surface area contributed by atoms with Crippen LogP contribution in [0.25, 0.3) is 11.4 Å². The largest absolute Gasteiger partial charge is 0.325 e. The molecule has 0 aliphatic rings. The van der Waals surface area contributed by atoms with Gasteiger partial charge in [0.05, 0.1) is 5.75 Å². The summed E-state index contributed by atoms with van der Waals surface area (Å²) in [6.07, 6.45) is 2.17. The van der Waals surface area contributed by atoms with Crippen LogP contribution < -0.4 is 5.32 Å². The smallest absolute Gasteiger partial charge is 0.234 e. The molecule has 146 valence electrons. The highest BCUT2D eigenvalue weighted by Gasteiger charge is 2.15. The molecule has 2 aromatic carbocycles. The van der Waals surface area contributed by atoms with Gasteiger partial charge in [0.1, 0.15) is 0 Å². The molecule has 1 aromatic heterocycles.